The van der Waals surface area contributed by atoms with Crippen molar-refractivity contribution in [3.63, 3.8) is 0 Å². The zero-order chi connectivity index (χ0) is 20.3. The Kier molecular flexibility index (Phi) is 5.63. The highest BCUT2D eigenvalue weighted by Gasteiger charge is 2.34. The molecule has 0 saturated carbocycles. The molecular formula is C21H22N2O5. The highest BCUT2D eigenvalue weighted by atomic mass is 16.5. The summed E-state index contributed by atoms with van der Waals surface area (Å²) in [6, 6.07) is 10.0. The Morgan fingerprint density at radius 2 is 1.86 bits per heavy atom. The van der Waals surface area contributed by atoms with Crippen molar-refractivity contribution in [3.8, 4) is 11.5 Å². The van der Waals surface area contributed by atoms with Crippen LogP contribution in [0.1, 0.15) is 44.7 Å². The number of hydrogen-bond acceptors (Lipinski definition) is 5. The fraction of sp³-hybridized carbons (Fsp3) is 0.286. The van der Waals surface area contributed by atoms with E-state index in [1.807, 2.05) is 6.92 Å². The number of phenolic OH excluding ortho intramolecular Hbond substituents is 1. The van der Waals surface area contributed by atoms with Crippen molar-refractivity contribution in [2.24, 2.45) is 0 Å². The molecule has 1 aliphatic rings. The third-order valence-electron chi connectivity index (χ3n) is 4.65. The number of aromatic hydroxyl groups is 1. The first kappa shape index (κ1) is 19.4. The van der Waals surface area contributed by atoms with Crippen LogP contribution in [0.5, 0.6) is 11.5 Å². The number of fused-ring (bicyclic) bond motifs is 1. The van der Waals surface area contributed by atoms with Gasteiger partial charge in [-0.1, -0.05) is 17.7 Å². The van der Waals surface area contributed by atoms with Gasteiger partial charge in [0, 0.05) is 19.5 Å². The summed E-state index contributed by atoms with van der Waals surface area (Å²) >= 11 is 0. The van der Waals surface area contributed by atoms with Gasteiger partial charge in [0.15, 0.2) is 11.5 Å². The molecule has 0 bridgehead atoms. The van der Waals surface area contributed by atoms with E-state index in [1.165, 1.54) is 18.1 Å². The predicted molar refractivity (Wildman–Crippen MR) is 102 cm³/mol. The second-order valence-electron chi connectivity index (χ2n) is 6.70. The van der Waals surface area contributed by atoms with Crippen LogP contribution in [-0.2, 0) is 11.3 Å². The van der Waals surface area contributed by atoms with E-state index in [0.29, 0.717) is 29.8 Å². The van der Waals surface area contributed by atoms with E-state index < -0.39 is 0 Å². The lowest BCUT2D eigenvalue weighted by Crippen LogP contribution is -2.32. The molecule has 7 nitrogen and oxygen atoms in total. The summed E-state index contributed by atoms with van der Waals surface area (Å²) in [7, 11) is 1.46. The molecule has 28 heavy (non-hydrogen) atoms. The fourth-order valence-corrected chi connectivity index (χ4v) is 3.13. The lowest BCUT2D eigenvalue weighted by atomic mass is 10.1. The van der Waals surface area contributed by atoms with Crippen molar-refractivity contribution < 1.29 is 24.2 Å². The number of nitrogens with zero attached hydrogens (tertiary/aromatic N) is 1. The third-order valence-corrected chi connectivity index (χ3v) is 4.65. The Hall–Kier alpha value is -3.35. The third kappa shape index (κ3) is 3.98. The quantitative estimate of drug-likeness (QED) is 0.717. The molecule has 0 fully saturated rings. The number of benzene rings is 2. The summed E-state index contributed by atoms with van der Waals surface area (Å²) in [6.07, 6.45) is 0.580. The molecule has 2 aromatic rings. The van der Waals surface area contributed by atoms with E-state index in [4.69, 9.17) is 4.74 Å². The second kappa shape index (κ2) is 8.12. The first-order chi connectivity index (χ1) is 13.4. The monoisotopic (exact) mass is 382 g/mol. The van der Waals surface area contributed by atoms with Gasteiger partial charge in [0.2, 0.25) is 5.91 Å². The molecule has 146 valence electrons. The number of methoxy groups -OCH3 is 1. The molecule has 3 rings (SSSR count). The van der Waals surface area contributed by atoms with E-state index in [9.17, 15) is 19.5 Å². The summed E-state index contributed by atoms with van der Waals surface area (Å²) in [5.74, 6) is -0.419. The average molecular weight is 382 g/mol. The highest BCUT2D eigenvalue weighted by molar-refractivity contribution is 6.21. The van der Waals surface area contributed by atoms with Crippen LogP contribution in [0.2, 0.25) is 0 Å². The molecule has 0 radical (unpaired) electrons. The highest BCUT2D eigenvalue weighted by Crippen LogP contribution is 2.26. The summed E-state index contributed by atoms with van der Waals surface area (Å²) < 4.78 is 5.04. The summed E-state index contributed by atoms with van der Waals surface area (Å²) in [5, 5.41) is 12.4. The van der Waals surface area contributed by atoms with Gasteiger partial charge in [0.1, 0.15) is 0 Å². The minimum absolute atomic E-state index is 0.0358. The van der Waals surface area contributed by atoms with Crippen LogP contribution in [0.3, 0.4) is 0 Å². The Morgan fingerprint density at radius 1 is 1.11 bits per heavy atom. The van der Waals surface area contributed by atoms with Gasteiger partial charge in [-0.15, -0.1) is 0 Å². The number of imide groups is 1. The molecule has 2 N–H and O–H groups in total. The number of phenols is 1. The molecule has 0 aromatic heterocycles. The summed E-state index contributed by atoms with van der Waals surface area (Å²) in [5.41, 5.74) is 2.56. The molecule has 0 spiro atoms. The molecule has 1 heterocycles. The number of amides is 3. The van der Waals surface area contributed by atoms with Gasteiger partial charge in [-0.25, -0.2) is 0 Å². The van der Waals surface area contributed by atoms with Crippen molar-refractivity contribution in [1.29, 1.82) is 0 Å². The Morgan fingerprint density at radius 3 is 2.61 bits per heavy atom. The number of aryl methyl sites for hydroxylation is 1. The van der Waals surface area contributed by atoms with Gasteiger partial charge in [0.25, 0.3) is 11.8 Å². The van der Waals surface area contributed by atoms with E-state index >= 15 is 0 Å². The minimum Gasteiger partial charge on any atom is -0.504 e. The number of carbonyl (C=O) groups is 3. The molecule has 2 aromatic carbocycles. The maximum Gasteiger partial charge on any atom is 0.261 e. The van der Waals surface area contributed by atoms with Gasteiger partial charge in [-0.2, -0.15) is 0 Å². The number of hydrogen-bond donors (Lipinski definition) is 2. The van der Waals surface area contributed by atoms with Crippen LogP contribution in [0.15, 0.2) is 36.4 Å². The Labute approximate surface area is 162 Å². The number of nitrogens with one attached hydrogen (secondary N) is 1. The molecule has 0 aliphatic carbocycles. The molecule has 0 unspecified atom stereocenters. The molecule has 3 amide bonds. The van der Waals surface area contributed by atoms with Crippen LogP contribution >= 0.6 is 0 Å². The molecular weight excluding hydrogens is 360 g/mol. The summed E-state index contributed by atoms with van der Waals surface area (Å²) in [6.45, 7) is 2.36. The number of rotatable bonds is 7. The van der Waals surface area contributed by atoms with E-state index in [1.54, 1.807) is 30.3 Å². The smallest absolute Gasteiger partial charge is 0.261 e. The van der Waals surface area contributed by atoms with Crippen molar-refractivity contribution in [1.82, 2.24) is 10.2 Å². The molecule has 0 saturated heterocycles. The van der Waals surface area contributed by atoms with Crippen LogP contribution < -0.4 is 10.1 Å². The maximum atomic E-state index is 12.4. The second-order valence-corrected chi connectivity index (χ2v) is 6.70. The normalized spacial score (nSPS) is 12.9. The van der Waals surface area contributed by atoms with Crippen molar-refractivity contribution in [3.05, 3.63) is 58.7 Å². The molecule has 7 heteroatoms. The minimum atomic E-state index is -0.309. The Balaban J connectivity index is 1.48. The van der Waals surface area contributed by atoms with E-state index in [0.717, 1.165) is 11.1 Å². The van der Waals surface area contributed by atoms with Gasteiger partial charge in [0.05, 0.1) is 18.2 Å². The standard InChI is InChI=1S/C21H22N2O5/c1-13-5-7-15-16(10-13)21(27)23(20(15)26)9-3-4-19(25)22-12-14-6-8-17(24)18(11-14)28-2/h5-8,10-11,24H,3-4,9,12H2,1-2H3,(H,22,25). The van der Waals surface area contributed by atoms with Crippen molar-refractivity contribution in [2.75, 3.05) is 13.7 Å². The first-order valence-corrected chi connectivity index (χ1v) is 9.00. The summed E-state index contributed by atoms with van der Waals surface area (Å²) in [4.78, 5) is 38.0. The van der Waals surface area contributed by atoms with Crippen LogP contribution in [0.4, 0.5) is 0 Å². The molecule has 1 aliphatic heterocycles. The predicted octanol–water partition coefficient (Wildman–Crippen LogP) is 2.40. The van der Waals surface area contributed by atoms with Gasteiger partial charge >= 0.3 is 0 Å². The van der Waals surface area contributed by atoms with E-state index in [2.05, 4.69) is 5.32 Å². The SMILES string of the molecule is COc1cc(CNC(=O)CCCN2C(=O)c3ccc(C)cc3C2=O)ccc1O. The zero-order valence-corrected chi connectivity index (χ0v) is 15.8. The maximum absolute atomic E-state index is 12.4. The van der Waals surface area contributed by atoms with Crippen LogP contribution in [-0.4, -0.2) is 41.4 Å². The first-order valence-electron chi connectivity index (χ1n) is 9.00. The Bertz CT molecular complexity index is 938. The van der Waals surface area contributed by atoms with Gasteiger partial charge in [-0.05, 0) is 43.2 Å². The van der Waals surface area contributed by atoms with Crippen molar-refractivity contribution in [2.45, 2.75) is 26.3 Å². The van der Waals surface area contributed by atoms with Gasteiger partial charge in [-0.3, -0.25) is 19.3 Å². The molecule has 0 atom stereocenters. The van der Waals surface area contributed by atoms with Crippen LogP contribution in [0, 0.1) is 6.92 Å². The van der Waals surface area contributed by atoms with Crippen molar-refractivity contribution >= 4 is 17.7 Å². The average Bonchev–Trinajstić information content (AvgIpc) is 2.91. The largest absolute Gasteiger partial charge is 0.504 e. The van der Waals surface area contributed by atoms with E-state index in [-0.39, 0.29) is 36.4 Å². The number of carbonyl (C=O) groups excluding carboxylic acids is 3. The fourth-order valence-electron chi connectivity index (χ4n) is 3.13. The zero-order valence-electron chi connectivity index (χ0n) is 15.8. The van der Waals surface area contributed by atoms with Gasteiger partial charge < -0.3 is 15.2 Å². The number of ether oxygens (including phenoxy) is 1. The lowest BCUT2D eigenvalue weighted by Gasteiger charge is -2.13. The van der Waals surface area contributed by atoms with Crippen LogP contribution in [0.25, 0.3) is 0 Å². The lowest BCUT2D eigenvalue weighted by molar-refractivity contribution is -0.121. The topological polar surface area (TPSA) is 95.9 Å².